The lowest BCUT2D eigenvalue weighted by Crippen LogP contribution is -2.66. The minimum atomic E-state index is -1.84. The van der Waals surface area contributed by atoms with Crippen molar-refractivity contribution in [2.24, 2.45) is 34.5 Å². The maximum atomic E-state index is 12.6. The standard InChI is InChI=1S/C41H64O18/c1-17-34(58-38-33(51)30(48)35(25(15-43)57-38)59-37-31(49)28(46)27(45)24(14-42)56-37)29(47)32(50)36(54-17)55-20-6-9-39(2)19(13-20)4-5-23-22(39)7-10-40(3)21(8-11-41(23,40)52)18-12-26(44)53-16-18/h12,17,19-25,27-38,42-43,45-52H,4-11,13-16H2,1-3H3. The topological polar surface area (TPSA) is 284 Å². The number of fused-ring (bicyclic) bond motifs is 5. The van der Waals surface area contributed by atoms with Gasteiger partial charge in [0.2, 0.25) is 0 Å². The van der Waals surface area contributed by atoms with Crippen LogP contribution in [-0.4, -0.2) is 181 Å². The van der Waals surface area contributed by atoms with Crippen LogP contribution in [0.2, 0.25) is 0 Å². The van der Waals surface area contributed by atoms with Gasteiger partial charge in [-0.2, -0.15) is 0 Å². The Bertz CT molecular complexity index is 1550. The third-order valence-corrected chi connectivity index (χ3v) is 16.3. The zero-order valence-electron chi connectivity index (χ0n) is 33.8. The third-order valence-electron chi connectivity index (χ3n) is 16.3. The molecular formula is C41H64O18. The van der Waals surface area contributed by atoms with Crippen molar-refractivity contribution in [2.75, 3.05) is 19.8 Å². The van der Waals surface area contributed by atoms with Crippen molar-refractivity contribution in [3.63, 3.8) is 0 Å². The van der Waals surface area contributed by atoms with E-state index < -0.39 is 111 Å². The number of carbonyl (C=O) groups excluding carboxylic acids is 1. The van der Waals surface area contributed by atoms with Crippen LogP contribution in [0.25, 0.3) is 0 Å². The first-order chi connectivity index (χ1) is 27.9. The second-order valence-corrected chi connectivity index (χ2v) is 19.1. The highest BCUT2D eigenvalue weighted by molar-refractivity contribution is 5.85. The zero-order valence-corrected chi connectivity index (χ0v) is 33.8. The summed E-state index contributed by atoms with van der Waals surface area (Å²) in [6.07, 6.45) is -14.1. The van der Waals surface area contributed by atoms with E-state index in [4.69, 9.17) is 33.2 Å². The van der Waals surface area contributed by atoms with Crippen molar-refractivity contribution in [1.29, 1.82) is 0 Å². The average molecular weight is 845 g/mol. The summed E-state index contributed by atoms with van der Waals surface area (Å²) in [6.45, 7) is 4.98. The smallest absolute Gasteiger partial charge is 0.331 e. The van der Waals surface area contributed by atoms with Gasteiger partial charge in [0.05, 0.1) is 31.0 Å². The average Bonchev–Trinajstić information content (AvgIpc) is 3.76. The molecule has 18 heteroatoms. The molecule has 23 atom stereocenters. The Morgan fingerprint density at radius 2 is 1.31 bits per heavy atom. The van der Waals surface area contributed by atoms with Gasteiger partial charge in [0.1, 0.15) is 73.8 Å². The zero-order chi connectivity index (χ0) is 42.3. The van der Waals surface area contributed by atoms with E-state index in [1.807, 2.05) is 0 Å². The molecule has 0 radical (unpaired) electrons. The number of aliphatic hydroxyl groups is 10. The van der Waals surface area contributed by atoms with Crippen LogP contribution in [0.4, 0.5) is 0 Å². The molecule has 0 aromatic rings. The monoisotopic (exact) mass is 844 g/mol. The molecular weight excluding hydrogens is 780 g/mol. The summed E-state index contributed by atoms with van der Waals surface area (Å²) >= 11 is 0. The number of ether oxygens (including phenoxy) is 7. The quantitative estimate of drug-likeness (QED) is 0.0897. The summed E-state index contributed by atoms with van der Waals surface area (Å²) in [5, 5.41) is 108. The molecule has 0 aromatic carbocycles. The van der Waals surface area contributed by atoms with E-state index in [1.165, 1.54) is 0 Å². The Kier molecular flexibility index (Phi) is 12.4. The van der Waals surface area contributed by atoms with Gasteiger partial charge < -0.3 is 84.2 Å². The predicted molar refractivity (Wildman–Crippen MR) is 198 cm³/mol. The molecule has 23 unspecified atom stereocenters. The first-order valence-electron chi connectivity index (χ1n) is 21.5. The number of aliphatic hydroxyl groups excluding tert-OH is 9. The number of carbonyl (C=O) groups is 1. The Hall–Kier alpha value is -1.43. The van der Waals surface area contributed by atoms with E-state index in [1.54, 1.807) is 13.0 Å². The summed E-state index contributed by atoms with van der Waals surface area (Å²) in [5.74, 6) is 0.641. The maximum absolute atomic E-state index is 12.6. The molecule has 0 aromatic heterocycles. The van der Waals surface area contributed by atoms with Crippen LogP contribution < -0.4 is 0 Å². The van der Waals surface area contributed by atoms with Crippen molar-refractivity contribution in [1.82, 2.24) is 0 Å². The highest BCUT2D eigenvalue weighted by atomic mass is 16.8. The van der Waals surface area contributed by atoms with E-state index in [-0.39, 0.29) is 34.7 Å². The second kappa shape index (κ2) is 16.6. The second-order valence-electron chi connectivity index (χ2n) is 19.1. The highest BCUT2D eigenvalue weighted by Crippen LogP contribution is 2.70. The van der Waals surface area contributed by atoms with Crippen LogP contribution in [0.15, 0.2) is 11.6 Å². The molecule has 0 bridgehead atoms. The Balaban J connectivity index is 0.864. The first kappa shape index (κ1) is 44.2. The van der Waals surface area contributed by atoms with Gasteiger partial charge in [0.15, 0.2) is 18.9 Å². The van der Waals surface area contributed by atoms with Gasteiger partial charge in [-0.05, 0) is 99.4 Å². The summed E-state index contributed by atoms with van der Waals surface area (Å²) in [6, 6.07) is 0. The summed E-state index contributed by atoms with van der Waals surface area (Å²) < 4.78 is 40.4. The lowest BCUT2D eigenvalue weighted by molar-refractivity contribution is -0.379. The van der Waals surface area contributed by atoms with E-state index in [0.29, 0.717) is 31.3 Å². The fourth-order valence-electron chi connectivity index (χ4n) is 12.8. The maximum Gasteiger partial charge on any atom is 0.331 e. The van der Waals surface area contributed by atoms with Crippen LogP contribution >= 0.6 is 0 Å². The van der Waals surface area contributed by atoms with Gasteiger partial charge >= 0.3 is 5.97 Å². The van der Waals surface area contributed by atoms with E-state index >= 15 is 0 Å². The largest absolute Gasteiger partial charge is 0.458 e. The van der Waals surface area contributed by atoms with Crippen molar-refractivity contribution in [3.05, 3.63) is 11.6 Å². The highest BCUT2D eigenvalue weighted by Gasteiger charge is 2.68. The summed E-state index contributed by atoms with van der Waals surface area (Å²) in [5.41, 5.74) is -0.142. The van der Waals surface area contributed by atoms with Crippen LogP contribution in [0.1, 0.15) is 78.6 Å². The molecule has 4 saturated carbocycles. The van der Waals surface area contributed by atoms with E-state index in [0.717, 1.165) is 50.5 Å². The van der Waals surface area contributed by atoms with Gasteiger partial charge in [-0.25, -0.2) is 4.79 Å². The number of cyclic esters (lactones) is 1. The molecule has 7 fully saturated rings. The minimum absolute atomic E-state index is 0.0158. The Labute approximate surface area is 342 Å². The number of rotatable bonds is 9. The lowest BCUT2D eigenvalue weighted by atomic mass is 9.43. The summed E-state index contributed by atoms with van der Waals surface area (Å²) in [4.78, 5) is 11.9. The van der Waals surface area contributed by atoms with E-state index in [9.17, 15) is 55.9 Å². The van der Waals surface area contributed by atoms with Gasteiger partial charge in [-0.15, -0.1) is 0 Å². The number of hydrogen-bond acceptors (Lipinski definition) is 18. The molecule has 3 saturated heterocycles. The van der Waals surface area contributed by atoms with Crippen molar-refractivity contribution >= 4 is 5.97 Å². The van der Waals surface area contributed by atoms with Crippen molar-refractivity contribution in [2.45, 2.75) is 182 Å². The molecule has 8 rings (SSSR count). The molecule has 336 valence electrons. The fourth-order valence-corrected chi connectivity index (χ4v) is 12.8. The van der Waals surface area contributed by atoms with Gasteiger partial charge in [-0.3, -0.25) is 0 Å². The van der Waals surface area contributed by atoms with Crippen LogP contribution in [0.5, 0.6) is 0 Å². The molecule has 4 aliphatic heterocycles. The fraction of sp³-hybridized carbons (Fsp3) is 0.927. The lowest BCUT2D eigenvalue weighted by Gasteiger charge is -2.64. The molecule has 0 spiro atoms. The molecule has 18 nitrogen and oxygen atoms in total. The minimum Gasteiger partial charge on any atom is -0.458 e. The molecule has 0 amide bonds. The molecule has 10 N–H and O–H groups in total. The van der Waals surface area contributed by atoms with Crippen molar-refractivity contribution in [3.8, 4) is 0 Å². The van der Waals surface area contributed by atoms with E-state index in [2.05, 4.69) is 13.8 Å². The molecule has 8 aliphatic rings. The van der Waals surface area contributed by atoms with Crippen LogP contribution in [0, 0.1) is 34.5 Å². The number of esters is 1. The molecule has 4 aliphatic carbocycles. The SMILES string of the molecule is CC1OC(OC2CCC3(C)C(CCC4C3CCC3(C)C(C5=CC(=O)OC5)CCC43O)C2)C(O)C(O)C1OC1OC(CO)C(OC2OC(CO)C(O)C(O)C2O)C(O)C1O. The molecule has 4 heterocycles. The van der Waals surface area contributed by atoms with Crippen LogP contribution in [0.3, 0.4) is 0 Å². The third kappa shape index (κ3) is 7.33. The summed E-state index contributed by atoms with van der Waals surface area (Å²) in [7, 11) is 0. The van der Waals surface area contributed by atoms with Gasteiger partial charge in [0.25, 0.3) is 0 Å². The Morgan fingerprint density at radius 3 is 1.97 bits per heavy atom. The van der Waals surface area contributed by atoms with Gasteiger partial charge in [0, 0.05) is 11.5 Å². The number of hydrogen-bond donors (Lipinski definition) is 10. The normalized spacial score (nSPS) is 55.1. The first-order valence-corrected chi connectivity index (χ1v) is 21.5. The molecule has 59 heavy (non-hydrogen) atoms. The predicted octanol–water partition coefficient (Wildman–Crippen LogP) is -1.90. The van der Waals surface area contributed by atoms with Crippen molar-refractivity contribution < 1.29 is 89.0 Å². The van der Waals surface area contributed by atoms with Crippen LogP contribution in [-0.2, 0) is 38.0 Å². The Morgan fingerprint density at radius 1 is 0.678 bits per heavy atom. The van der Waals surface area contributed by atoms with Gasteiger partial charge in [-0.1, -0.05) is 13.8 Å².